The lowest BCUT2D eigenvalue weighted by molar-refractivity contribution is 0.167. The van der Waals surface area contributed by atoms with E-state index in [1.54, 1.807) is 0 Å². The van der Waals surface area contributed by atoms with Crippen LogP contribution in [0.1, 0.15) is 19.8 Å². The van der Waals surface area contributed by atoms with Gasteiger partial charge in [0.1, 0.15) is 0 Å². The molecule has 2 saturated heterocycles. The van der Waals surface area contributed by atoms with Crippen molar-refractivity contribution in [3.8, 4) is 0 Å². The number of urea groups is 1. The number of amides is 2. The first-order valence-electron chi connectivity index (χ1n) is 5.59. The molecule has 0 aromatic rings. The van der Waals surface area contributed by atoms with Crippen LogP contribution >= 0.6 is 12.4 Å². The maximum absolute atomic E-state index is 11.9. The fourth-order valence-corrected chi connectivity index (χ4v) is 2.35. The summed E-state index contributed by atoms with van der Waals surface area (Å²) in [5.74, 6) is 0. The summed E-state index contributed by atoms with van der Waals surface area (Å²) in [6.07, 6.45) is 2.23. The summed E-state index contributed by atoms with van der Waals surface area (Å²) in [6, 6.07) is 0.736. The predicted octanol–water partition coefficient (Wildman–Crippen LogP) is 0.918. The molecule has 2 heterocycles. The highest BCUT2D eigenvalue weighted by Gasteiger charge is 2.32. The van der Waals surface area contributed by atoms with Crippen molar-refractivity contribution >= 4 is 18.4 Å². The molecule has 0 aliphatic carbocycles. The van der Waals surface area contributed by atoms with Crippen molar-refractivity contribution in [1.29, 1.82) is 0 Å². The Hall–Kier alpha value is -0.480. The zero-order valence-corrected chi connectivity index (χ0v) is 10.1. The van der Waals surface area contributed by atoms with Gasteiger partial charge in [0.2, 0.25) is 0 Å². The van der Waals surface area contributed by atoms with E-state index in [4.69, 9.17) is 0 Å². The Bertz CT molecular complexity index is 219. The van der Waals surface area contributed by atoms with Gasteiger partial charge in [0, 0.05) is 25.7 Å². The highest BCUT2D eigenvalue weighted by molar-refractivity contribution is 5.85. The average molecular weight is 234 g/mol. The summed E-state index contributed by atoms with van der Waals surface area (Å²) in [6.45, 7) is 6.85. The number of piperidine rings is 1. The SMILES string of the molecule is CCN1CCN(C2CCNCC2)C1=O.Cl. The largest absolute Gasteiger partial charge is 0.323 e. The normalized spacial score (nSPS) is 23.1. The van der Waals surface area contributed by atoms with Crippen LogP contribution in [0.2, 0.25) is 0 Å². The van der Waals surface area contributed by atoms with E-state index in [0.717, 1.165) is 45.6 Å². The van der Waals surface area contributed by atoms with Crippen molar-refractivity contribution < 1.29 is 4.79 Å². The number of nitrogens with one attached hydrogen (secondary N) is 1. The number of likely N-dealkylation sites (N-methyl/N-ethyl adjacent to an activating group) is 1. The van der Waals surface area contributed by atoms with Gasteiger partial charge in [-0.15, -0.1) is 12.4 Å². The minimum Gasteiger partial charge on any atom is -0.323 e. The Morgan fingerprint density at radius 3 is 2.53 bits per heavy atom. The summed E-state index contributed by atoms with van der Waals surface area (Å²) in [5, 5.41) is 3.33. The molecule has 0 atom stereocenters. The van der Waals surface area contributed by atoms with Crippen LogP contribution in [0.5, 0.6) is 0 Å². The highest BCUT2D eigenvalue weighted by Crippen LogP contribution is 2.18. The second-order valence-corrected chi connectivity index (χ2v) is 4.04. The molecule has 2 aliphatic heterocycles. The first-order chi connectivity index (χ1) is 6.83. The topological polar surface area (TPSA) is 35.6 Å². The van der Waals surface area contributed by atoms with E-state index in [-0.39, 0.29) is 18.4 Å². The molecule has 5 heteroatoms. The van der Waals surface area contributed by atoms with Crippen molar-refractivity contribution in [2.75, 3.05) is 32.7 Å². The summed E-state index contributed by atoms with van der Waals surface area (Å²) >= 11 is 0. The van der Waals surface area contributed by atoms with Crippen molar-refractivity contribution in [2.45, 2.75) is 25.8 Å². The molecule has 0 spiro atoms. The van der Waals surface area contributed by atoms with E-state index in [2.05, 4.69) is 10.2 Å². The number of carbonyl (C=O) groups is 1. The standard InChI is InChI=1S/C10H19N3O.ClH/c1-2-12-7-8-13(10(12)14)9-3-5-11-6-4-9;/h9,11H,2-8H2,1H3;1H. The monoisotopic (exact) mass is 233 g/mol. The maximum atomic E-state index is 11.9. The third-order valence-corrected chi connectivity index (χ3v) is 3.26. The van der Waals surface area contributed by atoms with E-state index in [1.807, 2.05) is 11.8 Å². The van der Waals surface area contributed by atoms with E-state index in [9.17, 15) is 4.79 Å². The maximum Gasteiger partial charge on any atom is 0.320 e. The molecule has 0 radical (unpaired) electrons. The first kappa shape index (κ1) is 12.6. The van der Waals surface area contributed by atoms with Crippen LogP contribution in [0.3, 0.4) is 0 Å². The van der Waals surface area contributed by atoms with Crippen LogP contribution < -0.4 is 5.32 Å². The van der Waals surface area contributed by atoms with Gasteiger partial charge < -0.3 is 15.1 Å². The molecule has 1 N–H and O–H groups in total. The number of rotatable bonds is 2. The van der Waals surface area contributed by atoms with Gasteiger partial charge in [-0.05, 0) is 32.9 Å². The van der Waals surface area contributed by atoms with E-state index in [1.165, 1.54) is 0 Å². The molecule has 0 aromatic carbocycles. The molecule has 0 saturated carbocycles. The van der Waals surface area contributed by atoms with Crippen LogP contribution in [-0.4, -0.2) is 54.6 Å². The molecule has 2 rings (SSSR count). The molecule has 2 fully saturated rings. The van der Waals surface area contributed by atoms with Gasteiger partial charge in [-0.2, -0.15) is 0 Å². The number of nitrogens with zero attached hydrogens (tertiary/aromatic N) is 2. The molecule has 2 aliphatic rings. The number of halogens is 1. The van der Waals surface area contributed by atoms with Gasteiger partial charge in [0.25, 0.3) is 0 Å². The second kappa shape index (κ2) is 5.56. The van der Waals surface area contributed by atoms with Crippen molar-refractivity contribution in [1.82, 2.24) is 15.1 Å². The quantitative estimate of drug-likeness (QED) is 0.770. The molecule has 0 bridgehead atoms. The Labute approximate surface area is 97.4 Å². The fourth-order valence-electron chi connectivity index (χ4n) is 2.35. The van der Waals surface area contributed by atoms with Crippen LogP contribution in [0.15, 0.2) is 0 Å². The van der Waals surface area contributed by atoms with E-state index >= 15 is 0 Å². The Morgan fingerprint density at radius 1 is 1.33 bits per heavy atom. The predicted molar refractivity (Wildman–Crippen MR) is 62.5 cm³/mol. The minimum atomic E-state index is 0. The Balaban J connectivity index is 0.00000112. The minimum absolute atomic E-state index is 0. The zero-order chi connectivity index (χ0) is 9.97. The Kier molecular flexibility index (Phi) is 4.67. The summed E-state index contributed by atoms with van der Waals surface area (Å²) in [7, 11) is 0. The van der Waals surface area contributed by atoms with Crippen molar-refractivity contribution in [3.05, 3.63) is 0 Å². The van der Waals surface area contributed by atoms with Crippen LogP contribution in [0, 0.1) is 0 Å². The molecular formula is C10H20ClN3O. The lowest BCUT2D eigenvalue weighted by Gasteiger charge is -2.31. The van der Waals surface area contributed by atoms with E-state index in [0.29, 0.717) is 6.04 Å². The van der Waals surface area contributed by atoms with Gasteiger partial charge >= 0.3 is 6.03 Å². The van der Waals surface area contributed by atoms with Crippen LogP contribution in [-0.2, 0) is 0 Å². The van der Waals surface area contributed by atoms with Crippen LogP contribution in [0.25, 0.3) is 0 Å². The number of carbonyl (C=O) groups excluding carboxylic acids is 1. The first-order valence-corrected chi connectivity index (χ1v) is 5.59. The highest BCUT2D eigenvalue weighted by atomic mass is 35.5. The Morgan fingerprint density at radius 2 is 2.00 bits per heavy atom. The summed E-state index contributed by atoms with van der Waals surface area (Å²) < 4.78 is 0. The van der Waals surface area contributed by atoms with E-state index < -0.39 is 0 Å². The van der Waals surface area contributed by atoms with Crippen molar-refractivity contribution in [2.24, 2.45) is 0 Å². The van der Waals surface area contributed by atoms with Gasteiger partial charge in [0.05, 0.1) is 0 Å². The average Bonchev–Trinajstić information content (AvgIpc) is 2.61. The number of hydrogen-bond acceptors (Lipinski definition) is 2. The fraction of sp³-hybridized carbons (Fsp3) is 0.900. The third-order valence-electron chi connectivity index (χ3n) is 3.26. The van der Waals surface area contributed by atoms with Gasteiger partial charge in [-0.1, -0.05) is 0 Å². The van der Waals surface area contributed by atoms with Gasteiger partial charge in [0.15, 0.2) is 0 Å². The van der Waals surface area contributed by atoms with Crippen LogP contribution in [0.4, 0.5) is 4.79 Å². The molecule has 0 aromatic heterocycles. The lowest BCUT2D eigenvalue weighted by atomic mass is 10.1. The smallest absolute Gasteiger partial charge is 0.320 e. The summed E-state index contributed by atoms with van der Waals surface area (Å²) in [4.78, 5) is 15.9. The third kappa shape index (κ3) is 2.55. The van der Waals surface area contributed by atoms with Gasteiger partial charge in [-0.3, -0.25) is 0 Å². The lowest BCUT2D eigenvalue weighted by Crippen LogP contribution is -2.45. The molecular weight excluding hydrogens is 214 g/mol. The molecule has 4 nitrogen and oxygen atoms in total. The molecule has 88 valence electrons. The zero-order valence-electron chi connectivity index (χ0n) is 9.24. The molecule has 15 heavy (non-hydrogen) atoms. The van der Waals surface area contributed by atoms with Crippen molar-refractivity contribution in [3.63, 3.8) is 0 Å². The molecule has 0 unspecified atom stereocenters. The number of hydrogen-bond donors (Lipinski definition) is 1. The van der Waals surface area contributed by atoms with Gasteiger partial charge in [-0.25, -0.2) is 4.79 Å². The molecule has 2 amide bonds. The second-order valence-electron chi connectivity index (χ2n) is 4.04. The summed E-state index contributed by atoms with van der Waals surface area (Å²) in [5.41, 5.74) is 0.